The molecule has 0 fully saturated rings. The zero-order chi connectivity index (χ0) is 10.5. The summed E-state index contributed by atoms with van der Waals surface area (Å²) in [5, 5.41) is 0. The van der Waals surface area contributed by atoms with Crippen molar-refractivity contribution >= 4 is 0 Å². The van der Waals surface area contributed by atoms with Crippen LogP contribution in [0.25, 0.3) is 0 Å². The van der Waals surface area contributed by atoms with Gasteiger partial charge in [-0.1, -0.05) is 47.5 Å². The van der Waals surface area contributed by atoms with Crippen LogP contribution in [-0.4, -0.2) is 6.54 Å². The van der Waals surface area contributed by atoms with E-state index in [-0.39, 0.29) is 0 Å². The molecule has 0 saturated heterocycles. The van der Waals surface area contributed by atoms with Crippen molar-refractivity contribution in [2.45, 2.75) is 53.9 Å². The molecule has 0 radical (unpaired) electrons. The first-order chi connectivity index (χ1) is 5.96. The molecule has 0 aliphatic heterocycles. The van der Waals surface area contributed by atoms with Gasteiger partial charge in [0.2, 0.25) is 0 Å². The maximum absolute atomic E-state index is 5.84. The summed E-state index contributed by atoms with van der Waals surface area (Å²) in [6, 6.07) is 0. The lowest BCUT2D eigenvalue weighted by Gasteiger charge is -2.33. The van der Waals surface area contributed by atoms with E-state index in [4.69, 9.17) is 5.73 Å². The molecular weight excluding hydrogens is 158 g/mol. The fourth-order valence-corrected chi connectivity index (χ4v) is 1.41. The zero-order valence-electron chi connectivity index (χ0n) is 10.1. The largest absolute Gasteiger partial charge is 0.330 e. The minimum Gasteiger partial charge on any atom is -0.330 e. The number of hydrogen-bond donors (Lipinski definition) is 1. The van der Waals surface area contributed by atoms with Crippen molar-refractivity contribution in [1.29, 1.82) is 0 Å². The highest BCUT2D eigenvalue weighted by molar-refractivity contribution is 4.79. The fraction of sp³-hybridized carbons (Fsp3) is 1.00. The maximum Gasteiger partial charge on any atom is -0.00207 e. The predicted molar refractivity (Wildman–Crippen MR) is 60.7 cm³/mol. The highest BCUT2D eigenvalue weighted by Crippen LogP contribution is 2.32. The van der Waals surface area contributed by atoms with Gasteiger partial charge in [-0.25, -0.2) is 0 Å². The van der Waals surface area contributed by atoms with Crippen LogP contribution in [0.4, 0.5) is 0 Å². The molecule has 0 rings (SSSR count). The van der Waals surface area contributed by atoms with E-state index < -0.39 is 0 Å². The Labute approximate surface area is 84.1 Å². The Kier molecular flexibility index (Phi) is 5.62. The molecule has 80 valence electrons. The molecule has 0 bridgehead atoms. The summed E-state index contributed by atoms with van der Waals surface area (Å²) in [7, 11) is 0. The first-order valence-electron chi connectivity index (χ1n) is 5.66. The topological polar surface area (TPSA) is 26.0 Å². The summed E-state index contributed by atoms with van der Waals surface area (Å²) in [6.45, 7) is 12.3. The minimum absolute atomic E-state index is 0.351. The SMILES string of the molecule is CC[C@H](C)CC[C@](C)(CN)C(C)C. The summed E-state index contributed by atoms with van der Waals surface area (Å²) in [5.74, 6) is 1.55. The summed E-state index contributed by atoms with van der Waals surface area (Å²) >= 11 is 0. The third-order valence-corrected chi connectivity index (χ3v) is 3.77. The van der Waals surface area contributed by atoms with Crippen LogP contribution in [0.15, 0.2) is 0 Å². The van der Waals surface area contributed by atoms with Crippen LogP contribution in [0.2, 0.25) is 0 Å². The number of rotatable bonds is 6. The second-order valence-electron chi connectivity index (χ2n) is 5.06. The van der Waals surface area contributed by atoms with Crippen LogP contribution in [0.1, 0.15) is 53.9 Å². The molecule has 1 heteroatoms. The molecule has 0 aromatic carbocycles. The first-order valence-corrected chi connectivity index (χ1v) is 5.66. The van der Waals surface area contributed by atoms with E-state index in [2.05, 4.69) is 34.6 Å². The van der Waals surface area contributed by atoms with Gasteiger partial charge in [-0.3, -0.25) is 0 Å². The smallest absolute Gasteiger partial charge is 0.00207 e. The minimum atomic E-state index is 0.351. The third-order valence-electron chi connectivity index (χ3n) is 3.77. The molecule has 0 aromatic rings. The third kappa shape index (κ3) is 4.12. The quantitative estimate of drug-likeness (QED) is 0.674. The Balaban J connectivity index is 3.98. The van der Waals surface area contributed by atoms with Crippen LogP contribution >= 0.6 is 0 Å². The molecule has 1 nitrogen and oxygen atoms in total. The van der Waals surface area contributed by atoms with Gasteiger partial charge in [0, 0.05) is 0 Å². The van der Waals surface area contributed by atoms with Gasteiger partial charge >= 0.3 is 0 Å². The molecular formula is C12H27N. The average molecular weight is 185 g/mol. The van der Waals surface area contributed by atoms with Crippen molar-refractivity contribution in [3.05, 3.63) is 0 Å². The second kappa shape index (κ2) is 5.64. The maximum atomic E-state index is 5.84. The lowest BCUT2D eigenvalue weighted by atomic mass is 9.74. The summed E-state index contributed by atoms with van der Waals surface area (Å²) in [6.07, 6.45) is 3.89. The van der Waals surface area contributed by atoms with Gasteiger partial charge in [0.15, 0.2) is 0 Å². The normalized spacial score (nSPS) is 18.7. The van der Waals surface area contributed by atoms with Crippen molar-refractivity contribution in [2.24, 2.45) is 23.0 Å². The highest BCUT2D eigenvalue weighted by Gasteiger charge is 2.26. The van der Waals surface area contributed by atoms with Gasteiger partial charge in [-0.05, 0) is 30.2 Å². The predicted octanol–water partition coefficient (Wildman–Crippen LogP) is 3.43. The van der Waals surface area contributed by atoms with Gasteiger partial charge < -0.3 is 5.73 Å². The van der Waals surface area contributed by atoms with E-state index in [0.29, 0.717) is 11.3 Å². The van der Waals surface area contributed by atoms with Gasteiger partial charge in [0.05, 0.1) is 0 Å². The van der Waals surface area contributed by atoms with Crippen LogP contribution in [0.5, 0.6) is 0 Å². The standard InChI is InChI=1S/C12H27N/c1-6-11(4)7-8-12(5,9-13)10(2)3/h10-11H,6-9,13H2,1-5H3/t11-,12+/m0/s1. The summed E-state index contributed by atoms with van der Waals surface area (Å²) < 4.78 is 0. The average Bonchev–Trinajstić information content (AvgIpc) is 2.13. The molecule has 0 aromatic heterocycles. The molecule has 0 spiro atoms. The van der Waals surface area contributed by atoms with Crippen molar-refractivity contribution in [2.75, 3.05) is 6.54 Å². The molecule has 0 heterocycles. The molecule has 2 atom stereocenters. The molecule has 0 amide bonds. The summed E-state index contributed by atoms with van der Waals surface area (Å²) in [4.78, 5) is 0. The zero-order valence-corrected chi connectivity index (χ0v) is 10.1. The van der Waals surface area contributed by atoms with Gasteiger partial charge in [0.25, 0.3) is 0 Å². The monoisotopic (exact) mass is 185 g/mol. The van der Waals surface area contributed by atoms with Crippen LogP contribution < -0.4 is 5.73 Å². The molecule has 13 heavy (non-hydrogen) atoms. The van der Waals surface area contributed by atoms with Gasteiger partial charge in [0.1, 0.15) is 0 Å². The van der Waals surface area contributed by atoms with Gasteiger partial charge in [-0.15, -0.1) is 0 Å². The van der Waals surface area contributed by atoms with E-state index in [1.54, 1.807) is 0 Å². The van der Waals surface area contributed by atoms with Gasteiger partial charge in [-0.2, -0.15) is 0 Å². The molecule has 0 aliphatic carbocycles. The van der Waals surface area contributed by atoms with E-state index in [0.717, 1.165) is 12.5 Å². The highest BCUT2D eigenvalue weighted by atomic mass is 14.6. The fourth-order valence-electron chi connectivity index (χ4n) is 1.41. The van der Waals surface area contributed by atoms with Crippen molar-refractivity contribution in [1.82, 2.24) is 0 Å². The number of hydrogen-bond acceptors (Lipinski definition) is 1. The van der Waals surface area contributed by atoms with Crippen molar-refractivity contribution < 1.29 is 0 Å². The van der Waals surface area contributed by atoms with Crippen LogP contribution in [0, 0.1) is 17.3 Å². The van der Waals surface area contributed by atoms with E-state index in [9.17, 15) is 0 Å². The molecule has 0 unspecified atom stereocenters. The first kappa shape index (κ1) is 13.0. The lowest BCUT2D eigenvalue weighted by Crippen LogP contribution is -2.32. The molecule has 2 N–H and O–H groups in total. The van der Waals surface area contributed by atoms with E-state index >= 15 is 0 Å². The van der Waals surface area contributed by atoms with Crippen molar-refractivity contribution in [3.63, 3.8) is 0 Å². The van der Waals surface area contributed by atoms with Crippen LogP contribution in [-0.2, 0) is 0 Å². The van der Waals surface area contributed by atoms with E-state index in [1.165, 1.54) is 19.3 Å². The van der Waals surface area contributed by atoms with E-state index in [1.807, 2.05) is 0 Å². The Morgan fingerprint density at radius 2 is 1.77 bits per heavy atom. The van der Waals surface area contributed by atoms with Crippen LogP contribution in [0.3, 0.4) is 0 Å². The Morgan fingerprint density at radius 3 is 2.08 bits per heavy atom. The Hall–Kier alpha value is -0.0400. The Morgan fingerprint density at radius 1 is 1.23 bits per heavy atom. The lowest BCUT2D eigenvalue weighted by molar-refractivity contribution is 0.192. The molecule has 0 aliphatic rings. The van der Waals surface area contributed by atoms with Crippen molar-refractivity contribution in [3.8, 4) is 0 Å². The number of nitrogens with two attached hydrogens (primary N) is 1. The Bertz CT molecular complexity index is 131. The molecule has 0 saturated carbocycles. The summed E-state index contributed by atoms with van der Waals surface area (Å²) in [5.41, 5.74) is 6.19. The second-order valence-corrected chi connectivity index (χ2v) is 5.06.